The number of fused-ring (bicyclic) bond motifs is 3. The van der Waals surface area contributed by atoms with Gasteiger partial charge in [0.15, 0.2) is 5.78 Å². The second kappa shape index (κ2) is 3.94. The van der Waals surface area contributed by atoms with Gasteiger partial charge in [-0.2, -0.15) is 0 Å². The summed E-state index contributed by atoms with van der Waals surface area (Å²) in [6.07, 6.45) is 2.64. The number of carbonyl (C=O) groups excluding carboxylic acids is 2. The summed E-state index contributed by atoms with van der Waals surface area (Å²) >= 11 is 0. The van der Waals surface area contributed by atoms with Gasteiger partial charge in [-0.15, -0.1) is 0 Å². The minimum atomic E-state index is -0.117. The minimum Gasteiger partial charge on any atom is -0.457 e. The Labute approximate surface area is 108 Å². The second-order valence-corrected chi connectivity index (χ2v) is 6.18. The molecule has 5 atom stereocenters. The van der Waals surface area contributed by atoms with Crippen LogP contribution in [-0.4, -0.2) is 17.9 Å². The van der Waals surface area contributed by atoms with Crippen molar-refractivity contribution < 1.29 is 14.3 Å². The summed E-state index contributed by atoms with van der Waals surface area (Å²) < 4.78 is 5.59. The molecule has 3 nitrogen and oxygen atoms in total. The molecule has 18 heavy (non-hydrogen) atoms. The number of hydrogen-bond donors (Lipinski definition) is 0. The maximum absolute atomic E-state index is 12.0. The zero-order valence-electron chi connectivity index (χ0n) is 11.2. The third-order valence-corrected chi connectivity index (χ3v) is 5.25. The van der Waals surface area contributed by atoms with E-state index in [9.17, 15) is 9.59 Å². The standard InChI is InChI=1S/C15H20O3/c1-7-4-5-10-8(2)15(17)18-14(10)13-9(3)12(16)6-11(7)13/h7-8,10-11,14H,4-6H2,1-3H3/t7-,8-,10-,11-,14-/m0/s1. The van der Waals surface area contributed by atoms with Crippen molar-refractivity contribution in [3.8, 4) is 0 Å². The number of carbonyl (C=O) groups is 2. The first-order valence-electron chi connectivity index (χ1n) is 6.95. The molecule has 0 N–H and O–H groups in total. The number of rotatable bonds is 0. The highest BCUT2D eigenvalue weighted by atomic mass is 16.6. The fourth-order valence-electron chi connectivity index (χ4n) is 3.94. The van der Waals surface area contributed by atoms with E-state index in [1.54, 1.807) is 0 Å². The summed E-state index contributed by atoms with van der Waals surface area (Å²) in [6.45, 7) is 6.10. The molecule has 1 aliphatic heterocycles. The van der Waals surface area contributed by atoms with Crippen molar-refractivity contribution in [3.05, 3.63) is 11.1 Å². The maximum Gasteiger partial charge on any atom is 0.309 e. The number of Topliss-reactive ketones (excluding diaryl/α,β-unsaturated/α-hetero) is 1. The van der Waals surface area contributed by atoms with Crippen molar-refractivity contribution in [3.63, 3.8) is 0 Å². The van der Waals surface area contributed by atoms with E-state index < -0.39 is 0 Å². The first kappa shape index (κ1) is 11.9. The molecule has 98 valence electrons. The summed E-state index contributed by atoms with van der Waals surface area (Å²) in [6, 6.07) is 0. The Morgan fingerprint density at radius 2 is 1.89 bits per heavy atom. The monoisotopic (exact) mass is 248 g/mol. The zero-order chi connectivity index (χ0) is 13.0. The van der Waals surface area contributed by atoms with Crippen molar-refractivity contribution in [2.24, 2.45) is 23.7 Å². The highest BCUT2D eigenvalue weighted by Gasteiger charge is 2.50. The van der Waals surface area contributed by atoms with Gasteiger partial charge in [0.1, 0.15) is 6.10 Å². The van der Waals surface area contributed by atoms with Crippen LogP contribution in [-0.2, 0) is 14.3 Å². The molecule has 3 aliphatic rings. The van der Waals surface area contributed by atoms with Gasteiger partial charge in [-0.05, 0) is 42.7 Å². The van der Waals surface area contributed by atoms with E-state index in [1.165, 1.54) is 0 Å². The molecule has 0 spiro atoms. The van der Waals surface area contributed by atoms with Crippen LogP contribution in [0.5, 0.6) is 0 Å². The average molecular weight is 248 g/mol. The second-order valence-electron chi connectivity index (χ2n) is 6.18. The molecule has 0 radical (unpaired) electrons. The topological polar surface area (TPSA) is 43.4 Å². The van der Waals surface area contributed by atoms with Gasteiger partial charge in [0.05, 0.1) is 5.92 Å². The Hall–Kier alpha value is -1.12. The van der Waals surface area contributed by atoms with Crippen LogP contribution in [0.1, 0.15) is 40.0 Å². The van der Waals surface area contributed by atoms with E-state index in [4.69, 9.17) is 4.74 Å². The van der Waals surface area contributed by atoms with E-state index in [1.807, 2.05) is 13.8 Å². The van der Waals surface area contributed by atoms with Crippen LogP contribution in [0.15, 0.2) is 11.1 Å². The smallest absolute Gasteiger partial charge is 0.309 e. The lowest BCUT2D eigenvalue weighted by Crippen LogP contribution is -2.22. The number of hydrogen-bond acceptors (Lipinski definition) is 3. The number of ether oxygens (including phenoxy) is 1. The molecular formula is C15H20O3. The van der Waals surface area contributed by atoms with Crippen LogP contribution in [0.3, 0.4) is 0 Å². The normalized spacial score (nSPS) is 43.6. The third-order valence-electron chi connectivity index (χ3n) is 5.25. The molecule has 1 heterocycles. The lowest BCUT2D eigenvalue weighted by molar-refractivity contribution is -0.143. The van der Waals surface area contributed by atoms with E-state index in [0.717, 1.165) is 24.0 Å². The molecule has 2 aliphatic carbocycles. The fourth-order valence-corrected chi connectivity index (χ4v) is 3.94. The zero-order valence-corrected chi connectivity index (χ0v) is 11.2. The molecule has 0 aromatic carbocycles. The molecule has 0 unspecified atom stereocenters. The van der Waals surface area contributed by atoms with Crippen LogP contribution in [0, 0.1) is 23.7 Å². The Morgan fingerprint density at radius 3 is 2.61 bits per heavy atom. The summed E-state index contributed by atoms with van der Waals surface area (Å²) in [7, 11) is 0. The molecule has 3 rings (SSSR count). The van der Waals surface area contributed by atoms with Crippen molar-refractivity contribution >= 4 is 11.8 Å². The maximum atomic E-state index is 12.0. The Bertz CT molecular complexity index is 449. The predicted octanol–water partition coefficient (Wildman–Crippen LogP) is 2.50. The first-order chi connectivity index (χ1) is 8.50. The largest absolute Gasteiger partial charge is 0.457 e. The van der Waals surface area contributed by atoms with Gasteiger partial charge in [-0.25, -0.2) is 0 Å². The molecule has 0 aromatic rings. The van der Waals surface area contributed by atoms with E-state index in [0.29, 0.717) is 18.3 Å². The van der Waals surface area contributed by atoms with Crippen molar-refractivity contribution in [2.45, 2.75) is 46.1 Å². The first-order valence-corrected chi connectivity index (χ1v) is 6.95. The van der Waals surface area contributed by atoms with Crippen LogP contribution in [0.2, 0.25) is 0 Å². The molecule has 2 fully saturated rings. The van der Waals surface area contributed by atoms with Crippen LogP contribution in [0.4, 0.5) is 0 Å². The lowest BCUT2D eigenvalue weighted by atomic mass is 9.84. The van der Waals surface area contributed by atoms with Gasteiger partial charge in [-0.3, -0.25) is 9.59 Å². The quantitative estimate of drug-likeness (QED) is 0.619. The average Bonchev–Trinajstić information content (AvgIpc) is 2.72. The summed E-state index contributed by atoms with van der Waals surface area (Å²) in [5.74, 6) is 1.26. The molecule has 0 bridgehead atoms. The number of esters is 1. The van der Waals surface area contributed by atoms with Gasteiger partial charge in [0.25, 0.3) is 0 Å². The molecular weight excluding hydrogens is 228 g/mol. The molecule has 1 saturated heterocycles. The highest BCUT2D eigenvalue weighted by Crippen LogP contribution is 2.49. The summed E-state index contributed by atoms with van der Waals surface area (Å²) in [4.78, 5) is 23.7. The van der Waals surface area contributed by atoms with Crippen molar-refractivity contribution in [1.82, 2.24) is 0 Å². The SMILES string of the molecule is CC1=C2[C@@H](CC1=O)[C@@H](C)CC[C@H]1[C@H](C)C(=O)O[C@H]21. The van der Waals surface area contributed by atoms with E-state index in [2.05, 4.69) is 6.92 Å². The van der Waals surface area contributed by atoms with Gasteiger partial charge >= 0.3 is 5.97 Å². The Kier molecular flexibility index (Phi) is 2.61. The van der Waals surface area contributed by atoms with Gasteiger partial charge < -0.3 is 4.74 Å². The van der Waals surface area contributed by atoms with Gasteiger partial charge in [0, 0.05) is 12.3 Å². The van der Waals surface area contributed by atoms with Gasteiger partial charge in [0.2, 0.25) is 0 Å². The number of ketones is 1. The van der Waals surface area contributed by atoms with E-state index in [-0.39, 0.29) is 29.7 Å². The fraction of sp³-hybridized carbons (Fsp3) is 0.733. The summed E-state index contributed by atoms with van der Waals surface area (Å²) in [5.41, 5.74) is 2.01. The molecule has 0 amide bonds. The highest BCUT2D eigenvalue weighted by molar-refractivity contribution is 5.99. The molecule has 3 heteroatoms. The van der Waals surface area contributed by atoms with Crippen LogP contribution in [0.25, 0.3) is 0 Å². The minimum absolute atomic E-state index is 0.0167. The van der Waals surface area contributed by atoms with Crippen molar-refractivity contribution in [1.29, 1.82) is 0 Å². The lowest BCUT2D eigenvalue weighted by Gasteiger charge is -2.22. The Morgan fingerprint density at radius 1 is 1.17 bits per heavy atom. The van der Waals surface area contributed by atoms with Gasteiger partial charge in [-0.1, -0.05) is 13.8 Å². The molecule has 1 saturated carbocycles. The summed E-state index contributed by atoms with van der Waals surface area (Å²) in [5, 5.41) is 0. The van der Waals surface area contributed by atoms with Crippen LogP contribution >= 0.6 is 0 Å². The number of allylic oxidation sites excluding steroid dienone is 1. The predicted molar refractivity (Wildman–Crippen MR) is 66.7 cm³/mol. The third kappa shape index (κ3) is 1.49. The Balaban J connectivity index is 2.05. The van der Waals surface area contributed by atoms with E-state index >= 15 is 0 Å². The molecule has 0 aromatic heterocycles. The van der Waals surface area contributed by atoms with Crippen LogP contribution < -0.4 is 0 Å². The van der Waals surface area contributed by atoms with Crippen molar-refractivity contribution in [2.75, 3.05) is 0 Å².